The first-order chi connectivity index (χ1) is 10.7. The average Bonchev–Trinajstić information content (AvgIpc) is 2.55. The van der Waals surface area contributed by atoms with Crippen LogP contribution in [0.5, 0.6) is 0 Å². The lowest BCUT2D eigenvalue weighted by atomic mass is 9.92. The van der Waals surface area contributed by atoms with Crippen molar-refractivity contribution in [3.8, 4) is 11.8 Å². The molecule has 1 atom stereocenters. The zero-order valence-electron chi connectivity index (χ0n) is 13.0. The summed E-state index contributed by atoms with van der Waals surface area (Å²) < 4.78 is 0. The topological polar surface area (TPSA) is 37.3 Å². The van der Waals surface area contributed by atoms with Crippen LogP contribution in [0, 0.1) is 17.8 Å². The van der Waals surface area contributed by atoms with E-state index in [0.717, 1.165) is 17.6 Å². The molecule has 114 valence electrons. The minimum absolute atomic E-state index is 0.289. The van der Waals surface area contributed by atoms with Crippen LogP contribution in [0.25, 0.3) is 0 Å². The molecule has 2 rings (SSSR count). The van der Waals surface area contributed by atoms with E-state index in [9.17, 15) is 4.79 Å². The second-order valence-electron chi connectivity index (χ2n) is 5.64. The quantitative estimate of drug-likeness (QED) is 0.624. The van der Waals surface area contributed by atoms with Gasteiger partial charge in [-0.25, -0.2) is 4.79 Å². The Morgan fingerprint density at radius 2 is 2.00 bits per heavy atom. The lowest BCUT2D eigenvalue weighted by Crippen LogP contribution is -1.99. The number of carboxylic acid groups (broad SMARTS) is 1. The van der Waals surface area contributed by atoms with E-state index < -0.39 is 5.97 Å². The van der Waals surface area contributed by atoms with Crippen molar-refractivity contribution in [1.29, 1.82) is 0 Å². The van der Waals surface area contributed by atoms with E-state index in [1.54, 1.807) is 24.3 Å². The summed E-state index contributed by atoms with van der Waals surface area (Å²) in [6, 6.07) is 6.66. The maximum atomic E-state index is 10.8. The molecule has 1 unspecified atom stereocenters. The van der Waals surface area contributed by atoms with Crippen LogP contribution in [0.3, 0.4) is 0 Å². The van der Waals surface area contributed by atoms with Gasteiger partial charge in [-0.15, -0.1) is 0 Å². The van der Waals surface area contributed by atoms with Crippen molar-refractivity contribution in [3.05, 3.63) is 59.2 Å². The van der Waals surface area contributed by atoms with E-state index in [0.29, 0.717) is 5.92 Å². The molecule has 1 aromatic carbocycles. The summed E-state index contributed by atoms with van der Waals surface area (Å²) in [5.41, 5.74) is 2.18. The number of carboxylic acids is 1. The van der Waals surface area contributed by atoms with E-state index in [1.807, 2.05) is 0 Å². The van der Waals surface area contributed by atoms with Crippen LogP contribution in [-0.4, -0.2) is 11.1 Å². The number of rotatable bonds is 5. The van der Waals surface area contributed by atoms with Crippen LogP contribution in [0.4, 0.5) is 0 Å². The highest BCUT2D eigenvalue weighted by atomic mass is 16.4. The Balaban J connectivity index is 1.90. The van der Waals surface area contributed by atoms with Crippen LogP contribution in [-0.2, 0) is 0 Å². The minimum Gasteiger partial charge on any atom is -0.478 e. The van der Waals surface area contributed by atoms with Crippen LogP contribution >= 0.6 is 0 Å². The van der Waals surface area contributed by atoms with E-state index in [-0.39, 0.29) is 5.56 Å². The van der Waals surface area contributed by atoms with Crippen molar-refractivity contribution in [2.45, 2.75) is 39.0 Å². The Kier molecular flexibility index (Phi) is 6.03. The molecule has 0 radical (unpaired) electrons. The van der Waals surface area contributed by atoms with Gasteiger partial charge in [-0.3, -0.25) is 0 Å². The van der Waals surface area contributed by atoms with Gasteiger partial charge in [0.05, 0.1) is 5.56 Å². The predicted molar refractivity (Wildman–Crippen MR) is 89.8 cm³/mol. The normalized spacial score (nSPS) is 16.6. The molecule has 0 aromatic heterocycles. The molecule has 0 amide bonds. The zero-order chi connectivity index (χ0) is 15.8. The third-order valence-electron chi connectivity index (χ3n) is 3.85. The minimum atomic E-state index is -0.911. The number of hydrogen-bond donors (Lipinski definition) is 1. The van der Waals surface area contributed by atoms with Gasteiger partial charge in [-0.05, 0) is 43.0 Å². The number of unbranched alkanes of at least 4 members (excludes halogenated alkanes) is 2. The van der Waals surface area contributed by atoms with Crippen LogP contribution < -0.4 is 0 Å². The molecule has 0 saturated heterocycles. The summed E-state index contributed by atoms with van der Waals surface area (Å²) >= 11 is 0. The predicted octanol–water partition coefficient (Wildman–Crippen LogP) is 4.82. The Bertz CT molecular complexity index is 624. The van der Waals surface area contributed by atoms with Gasteiger partial charge >= 0.3 is 5.97 Å². The van der Waals surface area contributed by atoms with Gasteiger partial charge in [0.2, 0.25) is 0 Å². The largest absolute Gasteiger partial charge is 0.478 e. The molecule has 0 spiro atoms. The fourth-order valence-electron chi connectivity index (χ4n) is 2.47. The summed E-state index contributed by atoms with van der Waals surface area (Å²) in [5, 5.41) is 8.86. The van der Waals surface area contributed by atoms with Gasteiger partial charge in [-0.1, -0.05) is 56.3 Å². The number of aromatic carboxylic acids is 1. The van der Waals surface area contributed by atoms with E-state index in [2.05, 4.69) is 37.0 Å². The smallest absolute Gasteiger partial charge is 0.335 e. The van der Waals surface area contributed by atoms with Crippen molar-refractivity contribution in [1.82, 2.24) is 0 Å². The monoisotopic (exact) mass is 294 g/mol. The van der Waals surface area contributed by atoms with Crippen molar-refractivity contribution in [2.75, 3.05) is 0 Å². The molecule has 1 aromatic rings. The van der Waals surface area contributed by atoms with Crippen molar-refractivity contribution in [3.63, 3.8) is 0 Å². The fourth-order valence-corrected chi connectivity index (χ4v) is 2.47. The first kappa shape index (κ1) is 16.1. The highest BCUT2D eigenvalue weighted by Crippen LogP contribution is 2.21. The summed E-state index contributed by atoms with van der Waals surface area (Å²) in [7, 11) is 0. The Morgan fingerprint density at radius 3 is 2.59 bits per heavy atom. The second-order valence-corrected chi connectivity index (χ2v) is 5.64. The van der Waals surface area contributed by atoms with Gasteiger partial charge in [0.1, 0.15) is 0 Å². The van der Waals surface area contributed by atoms with E-state index >= 15 is 0 Å². The molecular weight excluding hydrogens is 272 g/mol. The SMILES string of the molecule is CCCCCC1C=CC(C#Cc2ccc(C(=O)O)cc2)=CC1. The van der Waals surface area contributed by atoms with Crippen molar-refractivity contribution < 1.29 is 9.90 Å². The highest BCUT2D eigenvalue weighted by Gasteiger charge is 2.07. The number of benzene rings is 1. The van der Waals surface area contributed by atoms with Crippen molar-refractivity contribution in [2.24, 2.45) is 5.92 Å². The molecular formula is C20H22O2. The lowest BCUT2D eigenvalue weighted by Gasteiger charge is -2.13. The molecule has 0 bridgehead atoms. The third-order valence-corrected chi connectivity index (χ3v) is 3.85. The van der Waals surface area contributed by atoms with Gasteiger partial charge in [0, 0.05) is 11.1 Å². The maximum Gasteiger partial charge on any atom is 0.335 e. The Hall–Kier alpha value is -2.27. The Labute approximate surface area is 132 Å². The summed E-state index contributed by atoms with van der Waals surface area (Å²) in [6.45, 7) is 2.23. The van der Waals surface area contributed by atoms with Gasteiger partial charge < -0.3 is 5.11 Å². The number of allylic oxidation sites excluding steroid dienone is 4. The van der Waals surface area contributed by atoms with Crippen molar-refractivity contribution >= 4 is 5.97 Å². The third kappa shape index (κ3) is 4.93. The summed E-state index contributed by atoms with van der Waals surface area (Å²) in [4.78, 5) is 10.8. The Morgan fingerprint density at radius 1 is 1.23 bits per heavy atom. The van der Waals surface area contributed by atoms with Crippen LogP contribution in [0.1, 0.15) is 54.9 Å². The first-order valence-electron chi connectivity index (χ1n) is 7.92. The molecule has 0 heterocycles. The molecule has 22 heavy (non-hydrogen) atoms. The molecule has 0 fully saturated rings. The highest BCUT2D eigenvalue weighted by molar-refractivity contribution is 5.87. The zero-order valence-corrected chi connectivity index (χ0v) is 13.0. The summed E-state index contributed by atoms with van der Waals surface area (Å²) in [5.74, 6) is 5.99. The average molecular weight is 294 g/mol. The molecule has 1 N–H and O–H groups in total. The molecule has 1 aliphatic rings. The number of hydrogen-bond acceptors (Lipinski definition) is 1. The van der Waals surface area contributed by atoms with Gasteiger partial charge in [-0.2, -0.15) is 0 Å². The van der Waals surface area contributed by atoms with E-state index in [1.165, 1.54) is 25.7 Å². The summed E-state index contributed by atoms with van der Waals surface area (Å²) in [6.07, 6.45) is 12.8. The van der Waals surface area contributed by atoms with Gasteiger partial charge in [0.25, 0.3) is 0 Å². The van der Waals surface area contributed by atoms with E-state index in [4.69, 9.17) is 5.11 Å². The molecule has 2 nitrogen and oxygen atoms in total. The maximum absolute atomic E-state index is 10.8. The van der Waals surface area contributed by atoms with Crippen LogP contribution in [0.15, 0.2) is 48.1 Å². The lowest BCUT2D eigenvalue weighted by molar-refractivity contribution is 0.0697. The first-order valence-corrected chi connectivity index (χ1v) is 7.92. The van der Waals surface area contributed by atoms with Crippen LogP contribution in [0.2, 0.25) is 0 Å². The molecule has 0 saturated carbocycles. The fraction of sp³-hybridized carbons (Fsp3) is 0.350. The number of carbonyl (C=O) groups is 1. The second kappa shape index (κ2) is 8.24. The van der Waals surface area contributed by atoms with Gasteiger partial charge in [0.15, 0.2) is 0 Å². The molecule has 1 aliphatic carbocycles. The molecule has 0 aliphatic heterocycles. The standard InChI is InChI=1S/C20H22O2/c1-2-3-4-5-16-6-8-17(9-7-16)10-11-18-12-14-19(15-13-18)20(21)22/h6,8-9,12-16H,2-5,7H2,1H3,(H,21,22). The molecule has 2 heteroatoms.